The van der Waals surface area contributed by atoms with E-state index in [1.807, 2.05) is 30.3 Å². The number of hydrogen-bond donors (Lipinski definition) is 1. The molecule has 0 aromatic heterocycles. The van der Waals surface area contributed by atoms with Gasteiger partial charge < -0.3 is 9.80 Å². The average Bonchev–Trinajstić information content (AvgIpc) is 3.01. The van der Waals surface area contributed by atoms with Gasteiger partial charge in [0.15, 0.2) is 0 Å². The van der Waals surface area contributed by atoms with Crippen molar-refractivity contribution in [1.82, 2.24) is 9.62 Å². The number of para-hydroxylation sites is 1. The Morgan fingerprint density at radius 3 is 2.65 bits per heavy atom. The highest BCUT2D eigenvalue weighted by Gasteiger charge is 2.38. The normalized spacial score (nSPS) is 24.1. The molecule has 0 radical (unpaired) electrons. The Kier molecular flexibility index (Phi) is 5.62. The lowest BCUT2D eigenvalue weighted by molar-refractivity contribution is -0.137. The molecule has 2 aliphatic rings. The van der Waals surface area contributed by atoms with Crippen molar-refractivity contribution in [2.24, 2.45) is 11.8 Å². The van der Waals surface area contributed by atoms with Crippen LogP contribution in [-0.2, 0) is 19.6 Å². The first-order valence-corrected chi connectivity index (χ1v) is 10.8. The van der Waals surface area contributed by atoms with Gasteiger partial charge in [-0.2, -0.15) is 0 Å². The monoisotopic (exact) mass is 379 g/mol. The van der Waals surface area contributed by atoms with E-state index in [1.165, 1.54) is 0 Å². The van der Waals surface area contributed by atoms with E-state index in [0.29, 0.717) is 26.2 Å². The van der Waals surface area contributed by atoms with Crippen LogP contribution in [0.25, 0.3) is 0 Å². The standard InChI is InChI=1S/C18H25N3O4S/c1-26(24,25)19-11-14-6-5-9-20(12-14)18(23)15-10-17(22)21(13-15)16-7-3-2-4-8-16/h2-4,7-8,14-15,19H,5-6,9-13H2,1H3. The number of likely N-dealkylation sites (tertiary alicyclic amines) is 1. The van der Waals surface area contributed by atoms with E-state index in [2.05, 4.69) is 4.72 Å². The van der Waals surface area contributed by atoms with Crippen LogP contribution < -0.4 is 9.62 Å². The Balaban J connectivity index is 1.59. The molecule has 0 bridgehead atoms. The number of carbonyl (C=O) groups excluding carboxylic acids is 2. The van der Waals surface area contributed by atoms with Crippen LogP contribution in [0, 0.1) is 11.8 Å². The second-order valence-corrected chi connectivity index (χ2v) is 8.99. The summed E-state index contributed by atoms with van der Waals surface area (Å²) in [4.78, 5) is 28.7. The topological polar surface area (TPSA) is 86.8 Å². The van der Waals surface area contributed by atoms with Crippen molar-refractivity contribution in [1.29, 1.82) is 0 Å². The molecule has 2 saturated heterocycles. The number of hydrogen-bond acceptors (Lipinski definition) is 4. The van der Waals surface area contributed by atoms with E-state index in [1.54, 1.807) is 9.80 Å². The summed E-state index contributed by atoms with van der Waals surface area (Å²) in [5.41, 5.74) is 0.821. The van der Waals surface area contributed by atoms with Gasteiger partial charge in [0.1, 0.15) is 0 Å². The molecule has 2 atom stereocenters. The first-order valence-electron chi connectivity index (χ1n) is 8.92. The van der Waals surface area contributed by atoms with Crippen molar-refractivity contribution >= 4 is 27.5 Å². The molecular weight excluding hydrogens is 354 g/mol. The number of sulfonamides is 1. The van der Waals surface area contributed by atoms with Crippen molar-refractivity contribution in [3.63, 3.8) is 0 Å². The number of nitrogens with zero attached hydrogens (tertiary/aromatic N) is 2. The zero-order valence-electron chi connectivity index (χ0n) is 14.9. The van der Waals surface area contributed by atoms with Gasteiger partial charge in [0.05, 0.1) is 12.2 Å². The third-order valence-electron chi connectivity index (χ3n) is 5.01. The van der Waals surface area contributed by atoms with Gasteiger partial charge in [-0.3, -0.25) is 9.59 Å². The SMILES string of the molecule is CS(=O)(=O)NCC1CCCN(C(=O)C2CC(=O)N(c3ccccc3)C2)C1. The Morgan fingerprint density at radius 2 is 1.96 bits per heavy atom. The zero-order valence-corrected chi connectivity index (χ0v) is 15.7. The molecule has 0 spiro atoms. The Bertz CT molecular complexity index is 766. The molecule has 3 rings (SSSR count). The fourth-order valence-electron chi connectivity index (χ4n) is 3.69. The van der Waals surface area contributed by atoms with Crippen LogP contribution in [0.5, 0.6) is 0 Å². The zero-order chi connectivity index (χ0) is 18.7. The summed E-state index contributed by atoms with van der Waals surface area (Å²) in [5, 5.41) is 0. The van der Waals surface area contributed by atoms with Crippen LogP contribution in [-0.4, -0.2) is 57.6 Å². The molecule has 0 aliphatic carbocycles. The number of benzene rings is 1. The average molecular weight is 379 g/mol. The predicted molar refractivity (Wildman–Crippen MR) is 99.1 cm³/mol. The summed E-state index contributed by atoms with van der Waals surface area (Å²) in [6.07, 6.45) is 3.12. The molecule has 1 aromatic rings. The van der Waals surface area contributed by atoms with Gasteiger partial charge in [0.2, 0.25) is 21.8 Å². The van der Waals surface area contributed by atoms with E-state index < -0.39 is 10.0 Å². The van der Waals surface area contributed by atoms with Gasteiger partial charge in [0.25, 0.3) is 0 Å². The molecule has 142 valence electrons. The number of anilines is 1. The lowest BCUT2D eigenvalue weighted by atomic mass is 9.96. The first-order chi connectivity index (χ1) is 12.3. The van der Waals surface area contributed by atoms with Crippen LogP contribution in [0.15, 0.2) is 30.3 Å². The van der Waals surface area contributed by atoms with Crippen LogP contribution in [0.1, 0.15) is 19.3 Å². The molecule has 2 unspecified atom stereocenters. The maximum absolute atomic E-state index is 12.9. The number of rotatable bonds is 5. The molecule has 1 aromatic carbocycles. The van der Waals surface area contributed by atoms with Crippen molar-refractivity contribution < 1.29 is 18.0 Å². The quantitative estimate of drug-likeness (QED) is 0.821. The summed E-state index contributed by atoms with van der Waals surface area (Å²) < 4.78 is 25.1. The molecule has 2 amide bonds. The smallest absolute Gasteiger partial charge is 0.228 e. The maximum Gasteiger partial charge on any atom is 0.228 e. The highest BCUT2D eigenvalue weighted by molar-refractivity contribution is 7.88. The Labute approximate surface area is 154 Å². The predicted octanol–water partition coefficient (Wildman–Crippen LogP) is 0.827. The molecule has 2 fully saturated rings. The highest BCUT2D eigenvalue weighted by atomic mass is 32.2. The van der Waals surface area contributed by atoms with Crippen LogP contribution in [0.4, 0.5) is 5.69 Å². The van der Waals surface area contributed by atoms with E-state index >= 15 is 0 Å². The van der Waals surface area contributed by atoms with E-state index in [0.717, 1.165) is 24.8 Å². The van der Waals surface area contributed by atoms with Gasteiger partial charge in [-0.15, -0.1) is 0 Å². The van der Waals surface area contributed by atoms with Crippen LogP contribution >= 0.6 is 0 Å². The van der Waals surface area contributed by atoms with Crippen molar-refractivity contribution in [2.45, 2.75) is 19.3 Å². The van der Waals surface area contributed by atoms with Gasteiger partial charge >= 0.3 is 0 Å². The molecule has 7 nitrogen and oxygen atoms in total. The molecule has 0 saturated carbocycles. The molecule has 26 heavy (non-hydrogen) atoms. The Hall–Kier alpha value is -1.93. The fourth-order valence-corrected chi connectivity index (χ4v) is 4.23. The highest BCUT2D eigenvalue weighted by Crippen LogP contribution is 2.27. The second-order valence-electron chi connectivity index (χ2n) is 7.15. The Morgan fingerprint density at radius 1 is 1.23 bits per heavy atom. The largest absolute Gasteiger partial charge is 0.342 e. The summed E-state index contributed by atoms with van der Waals surface area (Å²) in [7, 11) is -3.23. The van der Waals surface area contributed by atoms with Gasteiger partial charge in [-0.25, -0.2) is 13.1 Å². The minimum Gasteiger partial charge on any atom is -0.342 e. The number of piperidine rings is 1. The van der Waals surface area contributed by atoms with Crippen LogP contribution in [0.3, 0.4) is 0 Å². The van der Waals surface area contributed by atoms with Gasteiger partial charge in [0, 0.05) is 38.3 Å². The third kappa shape index (κ3) is 4.62. The van der Waals surface area contributed by atoms with E-state index in [9.17, 15) is 18.0 Å². The lowest BCUT2D eigenvalue weighted by Gasteiger charge is -2.34. The third-order valence-corrected chi connectivity index (χ3v) is 5.70. The van der Waals surface area contributed by atoms with Gasteiger partial charge in [-0.05, 0) is 30.9 Å². The molecule has 8 heteroatoms. The maximum atomic E-state index is 12.9. The van der Waals surface area contributed by atoms with E-state index in [-0.39, 0.29) is 30.1 Å². The number of nitrogens with one attached hydrogen (secondary N) is 1. The summed E-state index contributed by atoms with van der Waals surface area (Å²) >= 11 is 0. The first kappa shape index (κ1) is 18.8. The second kappa shape index (κ2) is 7.75. The van der Waals surface area contributed by atoms with E-state index in [4.69, 9.17) is 0 Å². The summed E-state index contributed by atoms with van der Waals surface area (Å²) in [6.45, 7) is 1.97. The minimum absolute atomic E-state index is 0.000775. The van der Waals surface area contributed by atoms with Crippen molar-refractivity contribution in [3.05, 3.63) is 30.3 Å². The number of amides is 2. The van der Waals surface area contributed by atoms with Gasteiger partial charge in [-0.1, -0.05) is 18.2 Å². The minimum atomic E-state index is -3.23. The molecule has 2 heterocycles. The van der Waals surface area contributed by atoms with Crippen molar-refractivity contribution in [3.8, 4) is 0 Å². The summed E-state index contributed by atoms with van der Waals surface area (Å²) in [5.74, 6) is -0.239. The number of carbonyl (C=O) groups is 2. The van der Waals surface area contributed by atoms with Crippen molar-refractivity contribution in [2.75, 3.05) is 37.3 Å². The lowest BCUT2D eigenvalue weighted by Crippen LogP contribution is -2.46. The molecular formula is C18H25N3O4S. The molecule has 2 aliphatic heterocycles. The van der Waals surface area contributed by atoms with Crippen LogP contribution in [0.2, 0.25) is 0 Å². The fraction of sp³-hybridized carbons (Fsp3) is 0.556. The molecule has 1 N–H and O–H groups in total. The summed E-state index contributed by atoms with van der Waals surface area (Å²) in [6, 6.07) is 9.39.